The predicted molar refractivity (Wildman–Crippen MR) is 88.2 cm³/mol. The van der Waals surface area contributed by atoms with E-state index in [2.05, 4.69) is 22.2 Å². The number of amides is 1. The van der Waals surface area contributed by atoms with Gasteiger partial charge in [0.15, 0.2) is 0 Å². The number of aromatic nitrogens is 2. The molecule has 7 heteroatoms. The second-order valence-electron chi connectivity index (χ2n) is 6.38. The number of carbonyl (C=O) groups excluding carboxylic acids is 1. The number of ether oxygens (including phenoxy) is 1. The van der Waals surface area contributed by atoms with E-state index in [-0.39, 0.29) is 12.0 Å². The number of likely N-dealkylation sites (tertiary alicyclic amines) is 1. The van der Waals surface area contributed by atoms with Crippen LogP contribution in [0.15, 0.2) is 12.3 Å². The Kier molecular flexibility index (Phi) is 5.30. The first-order valence-electron chi connectivity index (χ1n) is 8.63. The van der Waals surface area contributed by atoms with Gasteiger partial charge in [0.2, 0.25) is 0 Å². The van der Waals surface area contributed by atoms with E-state index < -0.39 is 6.10 Å². The molecule has 3 rings (SSSR count). The highest BCUT2D eigenvalue weighted by Gasteiger charge is 2.31. The summed E-state index contributed by atoms with van der Waals surface area (Å²) in [7, 11) is 0. The number of hydrogen-bond acceptors (Lipinski definition) is 5. The first kappa shape index (κ1) is 16.4. The number of nitrogens with one attached hydrogen (secondary N) is 1. The third-order valence-corrected chi connectivity index (χ3v) is 4.93. The van der Waals surface area contributed by atoms with Gasteiger partial charge in [-0.25, -0.2) is 4.68 Å². The summed E-state index contributed by atoms with van der Waals surface area (Å²) in [5.74, 6) is 0.679. The van der Waals surface area contributed by atoms with E-state index in [1.807, 2.05) is 10.7 Å². The largest absolute Gasteiger partial charge is 0.364 e. The van der Waals surface area contributed by atoms with Gasteiger partial charge in [-0.3, -0.25) is 4.79 Å². The molecule has 2 saturated heterocycles. The van der Waals surface area contributed by atoms with Gasteiger partial charge < -0.3 is 20.7 Å². The molecule has 2 atom stereocenters. The van der Waals surface area contributed by atoms with Gasteiger partial charge in [0.05, 0.1) is 18.3 Å². The van der Waals surface area contributed by atoms with Crippen LogP contribution < -0.4 is 11.1 Å². The maximum atomic E-state index is 12.4. The summed E-state index contributed by atoms with van der Waals surface area (Å²) >= 11 is 0. The Labute approximate surface area is 137 Å². The van der Waals surface area contributed by atoms with Gasteiger partial charge in [0.25, 0.3) is 5.91 Å². The molecule has 3 heterocycles. The van der Waals surface area contributed by atoms with E-state index in [1.54, 1.807) is 6.20 Å². The monoisotopic (exact) mass is 321 g/mol. The van der Waals surface area contributed by atoms with Crippen LogP contribution in [0.3, 0.4) is 0 Å². The smallest absolute Gasteiger partial charge is 0.254 e. The van der Waals surface area contributed by atoms with E-state index >= 15 is 0 Å². The minimum absolute atomic E-state index is 0.00836. The van der Waals surface area contributed by atoms with E-state index in [4.69, 9.17) is 10.5 Å². The van der Waals surface area contributed by atoms with Crippen molar-refractivity contribution >= 4 is 11.7 Å². The molecule has 0 bridgehead atoms. The van der Waals surface area contributed by atoms with Gasteiger partial charge in [-0.15, -0.1) is 0 Å². The normalized spacial score (nSPS) is 26.5. The number of rotatable bonds is 5. The van der Waals surface area contributed by atoms with Crippen molar-refractivity contribution in [2.24, 2.45) is 5.73 Å². The Morgan fingerprint density at radius 1 is 1.39 bits per heavy atom. The number of nitrogens with zero attached hydrogens (tertiary/aromatic N) is 3. The molecule has 2 aliphatic heterocycles. The second-order valence-corrected chi connectivity index (χ2v) is 6.38. The summed E-state index contributed by atoms with van der Waals surface area (Å²) in [6.45, 7) is 5.92. The maximum absolute atomic E-state index is 12.4. The average Bonchev–Trinajstić information content (AvgIpc) is 3.24. The lowest BCUT2D eigenvalue weighted by Crippen LogP contribution is -2.35. The van der Waals surface area contributed by atoms with Crippen molar-refractivity contribution in [1.82, 2.24) is 14.7 Å². The minimum Gasteiger partial charge on any atom is -0.364 e. The second kappa shape index (κ2) is 7.42. The van der Waals surface area contributed by atoms with Crippen LogP contribution in [-0.2, 0) is 9.53 Å². The molecule has 0 aliphatic carbocycles. The topological polar surface area (TPSA) is 85.4 Å². The molecule has 7 nitrogen and oxygen atoms in total. The third kappa shape index (κ3) is 3.73. The lowest BCUT2D eigenvalue weighted by molar-refractivity contribution is -0.126. The Hall–Kier alpha value is -1.44. The summed E-state index contributed by atoms with van der Waals surface area (Å²) in [4.78, 5) is 14.8. The Morgan fingerprint density at radius 2 is 2.17 bits per heavy atom. The lowest BCUT2D eigenvalue weighted by Gasteiger charge is -2.31. The lowest BCUT2D eigenvalue weighted by atomic mass is 10.1. The third-order valence-electron chi connectivity index (χ3n) is 4.93. The first-order chi connectivity index (χ1) is 11.2. The van der Waals surface area contributed by atoms with Crippen molar-refractivity contribution in [3.05, 3.63) is 12.3 Å². The first-order valence-corrected chi connectivity index (χ1v) is 8.63. The number of carbonyl (C=O) groups is 1. The van der Waals surface area contributed by atoms with Crippen LogP contribution in [0, 0.1) is 0 Å². The van der Waals surface area contributed by atoms with Crippen LogP contribution in [0.5, 0.6) is 0 Å². The van der Waals surface area contributed by atoms with Gasteiger partial charge in [-0.05, 0) is 32.2 Å². The fraction of sp³-hybridized carbons (Fsp3) is 0.750. The molecule has 0 radical (unpaired) electrons. The maximum Gasteiger partial charge on any atom is 0.254 e. The Balaban J connectivity index is 1.59. The van der Waals surface area contributed by atoms with Crippen LogP contribution >= 0.6 is 0 Å². The highest BCUT2D eigenvalue weighted by molar-refractivity contribution is 5.93. The van der Waals surface area contributed by atoms with Gasteiger partial charge in [-0.1, -0.05) is 6.92 Å². The molecule has 1 aromatic rings. The van der Waals surface area contributed by atoms with Crippen LogP contribution in [0.4, 0.5) is 5.82 Å². The van der Waals surface area contributed by atoms with Gasteiger partial charge in [0.1, 0.15) is 11.9 Å². The zero-order valence-corrected chi connectivity index (χ0v) is 13.8. The van der Waals surface area contributed by atoms with Crippen molar-refractivity contribution < 1.29 is 9.53 Å². The van der Waals surface area contributed by atoms with Crippen molar-refractivity contribution in [3.8, 4) is 0 Å². The molecular formula is C16H27N5O2. The molecule has 0 saturated carbocycles. The SMILES string of the molecule is CCN1CCC(n2nccc2NC(=O)[C@@H]2CC[C@H](CN)O2)CC1. The summed E-state index contributed by atoms with van der Waals surface area (Å²) in [5.41, 5.74) is 5.60. The Morgan fingerprint density at radius 3 is 2.83 bits per heavy atom. The molecular weight excluding hydrogens is 294 g/mol. The fourth-order valence-corrected chi connectivity index (χ4v) is 3.46. The quantitative estimate of drug-likeness (QED) is 0.844. The number of piperidine rings is 1. The summed E-state index contributed by atoms with van der Waals surface area (Å²) in [6.07, 6.45) is 5.07. The molecule has 1 aromatic heterocycles. The van der Waals surface area contributed by atoms with Crippen molar-refractivity contribution in [2.45, 2.75) is 50.9 Å². The molecule has 23 heavy (non-hydrogen) atoms. The van der Waals surface area contributed by atoms with Crippen molar-refractivity contribution in [1.29, 1.82) is 0 Å². The van der Waals surface area contributed by atoms with Crippen molar-refractivity contribution in [3.63, 3.8) is 0 Å². The summed E-state index contributed by atoms with van der Waals surface area (Å²) in [5, 5.41) is 7.41. The number of anilines is 1. The molecule has 3 N–H and O–H groups in total. The molecule has 2 fully saturated rings. The van der Waals surface area contributed by atoms with Gasteiger partial charge >= 0.3 is 0 Å². The summed E-state index contributed by atoms with van der Waals surface area (Å²) < 4.78 is 7.62. The highest BCUT2D eigenvalue weighted by atomic mass is 16.5. The van der Waals surface area contributed by atoms with Crippen LogP contribution in [0.2, 0.25) is 0 Å². The predicted octanol–water partition coefficient (Wildman–Crippen LogP) is 0.985. The number of nitrogens with two attached hydrogens (primary N) is 1. The van der Waals surface area contributed by atoms with E-state index in [0.29, 0.717) is 12.6 Å². The molecule has 0 spiro atoms. The standard InChI is InChI=1S/C16H27N5O2/c1-2-20-9-6-12(7-10-20)21-15(5-8-18-21)19-16(22)14-4-3-13(11-17)23-14/h5,8,12-14H,2-4,6-7,9-11,17H2,1H3,(H,19,22)/t13-,14+/m1/s1. The molecule has 2 aliphatic rings. The van der Waals surface area contributed by atoms with Crippen molar-refractivity contribution in [2.75, 3.05) is 31.5 Å². The zero-order valence-electron chi connectivity index (χ0n) is 13.8. The minimum atomic E-state index is -0.395. The average molecular weight is 321 g/mol. The Bertz CT molecular complexity index is 524. The molecule has 1 amide bonds. The molecule has 0 aromatic carbocycles. The van der Waals surface area contributed by atoms with Crippen LogP contribution in [-0.4, -0.2) is 59.0 Å². The fourth-order valence-electron chi connectivity index (χ4n) is 3.46. The molecule has 0 unspecified atom stereocenters. The van der Waals surface area contributed by atoms with E-state index in [1.165, 1.54) is 0 Å². The van der Waals surface area contributed by atoms with E-state index in [0.717, 1.165) is 51.1 Å². The van der Waals surface area contributed by atoms with Gasteiger partial charge in [0, 0.05) is 25.7 Å². The van der Waals surface area contributed by atoms with Crippen LogP contribution in [0.25, 0.3) is 0 Å². The molecule has 128 valence electrons. The van der Waals surface area contributed by atoms with Gasteiger partial charge in [-0.2, -0.15) is 5.10 Å². The highest BCUT2D eigenvalue weighted by Crippen LogP contribution is 2.26. The van der Waals surface area contributed by atoms with Crippen LogP contribution in [0.1, 0.15) is 38.6 Å². The number of hydrogen-bond donors (Lipinski definition) is 2. The summed E-state index contributed by atoms with van der Waals surface area (Å²) in [6, 6.07) is 2.21. The zero-order chi connectivity index (χ0) is 16.2. The van der Waals surface area contributed by atoms with E-state index in [9.17, 15) is 4.79 Å².